The minimum absolute atomic E-state index is 0.227. The Balaban J connectivity index is 2.16. The first kappa shape index (κ1) is 13.3. The number of rotatable bonds is 2. The Morgan fingerprint density at radius 2 is 2.37 bits per heavy atom. The first-order valence-electron chi connectivity index (χ1n) is 6.20. The molecule has 6 heteroatoms. The summed E-state index contributed by atoms with van der Waals surface area (Å²) in [6.07, 6.45) is 2.05. The molecule has 1 unspecified atom stereocenters. The van der Waals surface area contributed by atoms with Gasteiger partial charge in [-0.3, -0.25) is 0 Å². The van der Waals surface area contributed by atoms with Gasteiger partial charge in [-0.05, 0) is 34.8 Å². The summed E-state index contributed by atoms with van der Waals surface area (Å²) in [5.74, 6) is 0.771. The van der Waals surface area contributed by atoms with Crippen LogP contribution >= 0.6 is 27.5 Å². The molecule has 1 aromatic heterocycles. The van der Waals surface area contributed by atoms with Crippen molar-refractivity contribution in [3.8, 4) is 0 Å². The van der Waals surface area contributed by atoms with Crippen LogP contribution in [0.4, 0.5) is 4.39 Å². The molecule has 2 aromatic rings. The van der Waals surface area contributed by atoms with Gasteiger partial charge in [0.1, 0.15) is 11.6 Å². The third kappa shape index (κ3) is 2.39. The molecule has 0 N–H and O–H groups in total. The lowest BCUT2D eigenvalue weighted by molar-refractivity contribution is 0.0597. The van der Waals surface area contributed by atoms with E-state index in [4.69, 9.17) is 16.3 Å². The fourth-order valence-electron chi connectivity index (χ4n) is 2.57. The predicted octanol–water partition coefficient (Wildman–Crippen LogP) is 4.03. The van der Waals surface area contributed by atoms with Crippen molar-refractivity contribution in [1.82, 2.24) is 9.55 Å². The standard InChI is InChI=1S/C13H13BrClFN2O/c14-9-4-12-11(5-10(9)16)17-13(6-15)18(12)8-2-1-3-19-7-8/h4-5,8H,1-3,6-7H2. The van der Waals surface area contributed by atoms with E-state index in [1.807, 2.05) is 0 Å². The maximum absolute atomic E-state index is 13.6. The van der Waals surface area contributed by atoms with Crippen molar-refractivity contribution in [3.05, 3.63) is 28.2 Å². The van der Waals surface area contributed by atoms with Gasteiger partial charge in [0.25, 0.3) is 0 Å². The highest BCUT2D eigenvalue weighted by Crippen LogP contribution is 2.30. The Morgan fingerprint density at radius 1 is 1.53 bits per heavy atom. The maximum atomic E-state index is 13.6. The van der Waals surface area contributed by atoms with E-state index < -0.39 is 0 Å². The van der Waals surface area contributed by atoms with E-state index in [1.54, 1.807) is 6.07 Å². The van der Waals surface area contributed by atoms with E-state index in [1.165, 1.54) is 6.07 Å². The minimum atomic E-state index is -0.307. The van der Waals surface area contributed by atoms with E-state index >= 15 is 0 Å². The van der Waals surface area contributed by atoms with E-state index in [0.717, 1.165) is 30.8 Å². The topological polar surface area (TPSA) is 27.1 Å². The zero-order valence-electron chi connectivity index (χ0n) is 10.2. The Morgan fingerprint density at radius 3 is 3.05 bits per heavy atom. The number of fused-ring (bicyclic) bond motifs is 1. The molecule has 3 rings (SSSR count). The number of ether oxygens (including phenoxy) is 1. The first-order valence-corrected chi connectivity index (χ1v) is 7.53. The van der Waals surface area contributed by atoms with Crippen molar-refractivity contribution < 1.29 is 9.13 Å². The van der Waals surface area contributed by atoms with E-state index in [2.05, 4.69) is 25.5 Å². The summed E-state index contributed by atoms with van der Waals surface area (Å²) in [5.41, 5.74) is 1.54. The highest BCUT2D eigenvalue weighted by molar-refractivity contribution is 9.10. The molecule has 1 aliphatic rings. The molecule has 1 aliphatic heterocycles. The monoisotopic (exact) mass is 346 g/mol. The highest BCUT2D eigenvalue weighted by Gasteiger charge is 2.22. The molecule has 1 atom stereocenters. The average molecular weight is 348 g/mol. The molecule has 0 bridgehead atoms. The number of halogens is 3. The van der Waals surface area contributed by atoms with Gasteiger partial charge in [-0.25, -0.2) is 9.37 Å². The normalized spacial score (nSPS) is 20.1. The number of hydrogen-bond acceptors (Lipinski definition) is 2. The quantitative estimate of drug-likeness (QED) is 0.767. The van der Waals surface area contributed by atoms with Gasteiger partial charge >= 0.3 is 0 Å². The van der Waals surface area contributed by atoms with Crippen LogP contribution in [0.15, 0.2) is 16.6 Å². The van der Waals surface area contributed by atoms with E-state index in [0.29, 0.717) is 22.5 Å². The summed E-state index contributed by atoms with van der Waals surface area (Å²) in [7, 11) is 0. The summed E-state index contributed by atoms with van der Waals surface area (Å²) < 4.78 is 21.6. The fourth-order valence-corrected chi connectivity index (χ4v) is 3.09. The Labute approximate surface area is 123 Å². The number of benzene rings is 1. The van der Waals surface area contributed by atoms with Crippen molar-refractivity contribution in [1.29, 1.82) is 0 Å². The third-order valence-corrected chi connectivity index (χ3v) is 4.27. The second kappa shape index (κ2) is 5.38. The van der Waals surface area contributed by atoms with Crippen molar-refractivity contribution in [3.63, 3.8) is 0 Å². The molecule has 1 saturated heterocycles. The number of hydrogen-bond donors (Lipinski definition) is 0. The van der Waals surface area contributed by atoms with Gasteiger partial charge in [0.15, 0.2) is 0 Å². The van der Waals surface area contributed by atoms with Crippen LogP contribution in [0.2, 0.25) is 0 Å². The number of alkyl halides is 1. The SMILES string of the molecule is Fc1cc2nc(CCl)n(C3CCCOC3)c2cc1Br. The lowest BCUT2D eigenvalue weighted by Gasteiger charge is -2.25. The summed E-state index contributed by atoms with van der Waals surface area (Å²) >= 11 is 9.20. The van der Waals surface area contributed by atoms with Crippen molar-refractivity contribution >= 4 is 38.6 Å². The van der Waals surface area contributed by atoms with Gasteiger partial charge in [-0.1, -0.05) is 0 Å². The van der Waals surface area contributed by atoms with Crippen LogP contribution in [0, 0.1) is 5.82 Å². The summed E-state index contributed by atoms with van der Waals surface area (Å²) in [6, 6.07) is 3.43. The van der Waals surface area contributed by atoms with Crippen LogP contribution in [0.1, 0.15) is 24.7 Å². The Kier molecular flexibility index (Phi) is 3.78. The second-order valence-electron chi connectivity index (χ2n) is 4.66. The van der Waals surface area contributed by atoms with Crippen LogP contribution in [0.25, 0.3) is 11.0 Å². The lowest BCUT2D eigenvalue weighted by atomic mass is 10.1. The Hall–Kier alpha value is -0.650. The van der Waals surface area contributed by atoms with Gasteiger partial charge in [0.05, 0.1) is 34.0 Å². The number of imidazole rings is 1. The molecule has 19 heavy (non-hydrogen) atoms. The molecule has 102 valence electrons. The van der Waals surface area contributed by atoms with Gasteiger partial charge in [0.2, 0.25) is 0 Å². The molecule has 0 aliphatic carbocycles. The molecule has 1 fully saturated rings. The third-order valence-electron chi connectivity index (χ3n) is 3.43. The number of nitrogens with zero attached hydrogens (tertiary/aromatic N) is 2. The zero-order valence-corrected chi connectivity index (χ0v) is 12.5. The molecule has 0 saturated carbocycles. The van der Waals surface area contributed by atoms with E-state index in [9.17, 15) is 4.39 Å². The smallest absolute Gasteiger partial charge is 0.139 e. The largest absolute Gasteiger partial charge is 0.379 e. The Bertz CT molecular complexity index is 610. The van der Waals surface area contributed by atoms with Gasteiger partial charge in [0, 0.05) is 12.7 Å². The van der Waals surface area contributed by atoms with E-state index in [-0.39, 0.29) is 11.9 Å². The summed E-state index contributed by atoms with van der Waals surface area (Å²) in [6.45, 7) is 1.46. The molecule has 1 aromatic carbocycles. The van der Waals surface area contributed by atoms with Gasteiger partial charge in [-0.2, -0.15) is 0 Å². The van der Waals surface area contributed by atoms with Crippen LogP contribution in [0.3, 0.4) is 0 Å². The van der Waals surface area contributed by atoms with Crippen LogP contribution in [-0.4, -0.2) is 22.8 Å². The number of aromatic nitrogens is 2. The van der Waals surface area contributed by atoms with Crippen molar-refractivity contribution in [2.45, 2.75) is 24.8 Å². The first-order chi connectivity index (χ1) is 9.20. The van der Waals surface area contributed by atoms with Crippen LogP contribution in [-0.2, 0) is 10.6 Å². The van der Waals surface area contributed by atoms with Gasteiger partial charge < -0.3 is 9.30 Å². The average Bonchev–Trinajstić information content (AvgIpc) is 2.78. The molecule has 2 heterocycles. The molecular formula is C13H13BrClFN2O. The lowest BCUT2D eigenvalue weighted by Crippen LogP contribution is -2.22. The highest BCUT2D eigenvalue weighted by atomic mass is 79.9. The predicted molar refractivity (Wildman–Crippen MR) is 76.0 cm³/mol. The maximum Gasteiger partial charge on any atom is 0.139 e. The molecule has 3 nitrogen and oxygen atoms in total. The summed E-state index contributed by atoms with van der Waals surface area (Å²) in [5, 5.41) is 0. The van der Waals surface area contributed by atoms with Crippen molar-refractivity contribution in [2.24, 2.45) is 0 Å². The minimum Gasteiger partial charge on any atom is -0.379 e. The fraction of sp³-hybridized carbons (Fsp3) is 0.462. The molecule has 0 amide bonds. The molecule has 0 spiro atoms. The molecule has 0 radical (unpaired) electrons. The molecular weight excluding hydrogens is 335 g/mol. The second-order valence-corrected chi connectivity index (χ2v) is 5.78. The van der Waals surface area contributed by atoms with Crippen LogP contribution in [0.5, 0.6) is 0 Å². The van der Waals surface area contributed by atoms with Gasteiger partial charge in [-0.15, -0.1) is 11.6 Å². The van der Waals surface area contributed by atoms with Crippen molar-refractivity contribution in [2.75, 3.05) is 13.2 Å². The van der Waals surface area contributed by atoms with Crippen LogP contribution < -0.4 is 0 Å². The zero-order chi connectivity index (χ0) is 13.4. The summed E-state index contributed by atoms with van der Waals surface area (Å²) in [4.78, 5) is 4.42.